The molecule has 21 heavy (non-hydrogen) atoms. The smallest absolute Gasteiger partial charge is 0.224 e. The quantitative estimate of drug-likeness (QED) is 0.516. The fourth-order valence-corrected chi connectivity index (χ4v) is 2.20. The van der Waals surface area contributed by atoms with E-state index in [4.69, 9.17) is 9.47 Å². The lowest BCUT2D eigenvalue weighted by atomic mass is 10.1. The molecule has 0 saturated carbocycles. The standard InChI is InChI=1S/C16H24BrNO3/c1-3-20-16(21-4-2)6-5-11-18-15(19)12-13-7-9-14(17)10-8-13/h7-10,16H,3-6,11-12H2,1-2H3,(H,18,19). The minimum absolute atomic E-state index is 0.0432. The van der Waals surface area contributed by atoms with Crippen molar-refractivity contribution in [1.82, 2.24) is 5.32 Å². The molecule has 1 aromatic carbocycles. The maximum absolute atomic E-state index is 11.8. The van der Waals surface area contributed by atoms with Crippen LogP contribution in [0.4, 0.5) is 0 Å². The fraction of sp³-hybridized carbons (Fsp3) is 0.562. The van der Waals surface area contributed by atoms with Gasteiger partial charge in [0.2, 0.25) is 5.91 Å². The summed E-state index contributed by atoms with van der Waals surface area (Å²) in [4.78, 5) is 11.8. The van der Waals surface area contributed by atoms with Crippen molar-refractivity contribution in [2.45, 2.75) is 39.4 Å². The van der Waals surface area contributed by atoms with E-state index in [1.165, 1.54) is 0 Å². The Balaban J connectivity index is 2.19. The van der Waals surface area contributed by atoms with Crippen molar-refractivity contribution in [3.05, 3.63) is 34.3 Å². The van der Waals surface area contributed by atoms with Gasteiger partial charge < -0.3 is 14.8 Å². The van der Waals surface area contributed by atoms with Gasteiger partial charge in [0.05, 0.1) is 6.42 Å². The van der Waals surface area contributed by atoms with Crippen molar-refractivity contribution in [3.63, 3.8) is 0 Å². The van der Waals surface area contributed by atoms with E-state index >= 15 is 0 Å². The number of hydrogen-bond acceptors (Lipinski definition) is 3. The predicted molar refractivity (Wildman–Crippen MR) is 87.1 cm³/mol. The molecular weight excluding hydrogens is 334 g/mol. The molecule has 0 spiro atoms. The number of rotatable bonds is 10. The average Bonchev–Trinajstić information content (AvgIpc) is 2.46. The minimum atomic E-state index is -0.164. The molecule has 1 rings (SSSR count). The zero-order chi connectivity index (χ0) is 15.5. The number of carbonyl (C=O) groups is 1. The summed E-state index contributed by atoms with van der Waals surface area (Å²) in [5.74, 6) is 0.0432. The molecule has 0 heterocycles. The molecule has 118 valence electrons. The molecular formula is C16H24BrNO3. The molecule has 0 aliphatic rings. The van der Waals surface area contributed by atoms with Crippen LogP contribution in [-0.4, -0.2) is 32.0 Å². The lowest BCUT2D eigenvalue weighted by molar-refractivity contribution is -0.140. The zero-order valence-electron chi connectivity index (χ0n) is 12.7. The van der Waals surface area contributed by atoms with Gasteiger partial charge in [-0.3, -0.25) is 4.79 Å². The van der Waals surface area contributed by atoms with Gasteiger partial charge in [-0.25, -0.2) is 0 Å². The lowest BCUT2D eigenvalue weighted by Crippen LogP contribution is -2.27. The van der Waals surface area contributed by atoms with Crippen LogP contribution in [0.25, 0.3) is 0 Å². The average molecular weight is 358 g/mol. The molecule has 1 aromatic rings. The van der Waals surface area contributed by atoms with Crippen LogP contribution < -0.4 is 5.32 Å². The highest BCUT2D eigenvalue weighted by Crippen LogP contribution is 2.10. The van der Waals surface area contributed by atoms with Gasteiger partial charge in [0, 0.05) is 30.7 Å². The van der Waals surface area contributed by atoms with E-state index in [-0.39, 0.29) is 12.2 Å². The van der Waals surface area contributed by atoms with Crippen LogP contribution in [0.5, 0.6) is 0 Å². The van der Waals surface area contributed by atoms with Gasteiger partial charge in [0.25, 0.3) is 0 Å². The highest BCUT2D eigenvalue weighted by Gasteiger charge is 2.08. The van der Waals surface area contributed by atoms with Crippen LogP contribution in [0.1, 0.15) is 32.3 Å². The molecule has 0 aliphatic carbocycles. The number of ether oxygens (including phenoxy) is 2. The van der Waals surface area contributed by atoms with Gasteiger partial charge in [-0.05, 0) is 38.0 Å². The van der Waals surface area contributed by atoms with E-state index in [1.54, 1.807) is 0 Å². The Bertz CT molecular complexity index is 402. The van der Waals surface area contributed by atoms with E-state index in [9.17, 15) is 4.79 Å². The van der Waals surface area contributed by atoms with Gasteiger partial charge in [-0.2, -0.15) is 0 Å². The summed E-state index contributed by atoms with van der Waals surface area (Å²) in [6, 6.07) is 7.78. The maximum atomic E-state index is 11.8. The van der Waals surface area contributed by atoms with Crippen molar-refractivity contribution in [2.24, 2.45) is 0 Å². The lowest BCUT2D eigenvalue weighted by Gasteiger charge is -2.16. The second-order valence-corrected chi connectivity index (χ2v) is 5.55. The summed E-state index contributed by atoms with van der Waals surface area (Å²) in [6.45, 7) is 5.82. The largest absolute Gasteiger partial charge is 0.356 e. The zero-order valence-corrected chi connectivity index (χ0v) is 14.3. The third kappa shape index (κ3) is 8.19. The Morgan fingerprint density at radius 2 is 1.81 bits per heavy atom. The first kappa shape index (κ1) is 18.1. The predicted octanol–water partition coefficient (Wildman–Crippen LogP) is 3.29. The molecule has 0 aromatic heterocycles. The summed E-state index contributed by atoms with van der Waals surface area (Å²) in [5, 5.41) is 2.92. The van der Waals surface area contributed by atoms with Crippen LogP contribution in [0, 0.1) is 0 Å². The monoisotopic (exact) mass is 357 g/mol. The summed E-state index contributed by atoms with van der Waals surface area (Å²) < 4.78 is 11.9. The third-order valence-corrected chi connectivity index (χ3v) is 3.45. The van der Waals surface area contributed by atoms with Crippen LogP contribution in [0.2, 0.25) is 0 Å². The number of halogens is 1. The molecule has 1 amide bonds. The molecule has 0 bridgehead atoms. The van der Waals surface area contributed by atoms with E-state index in [0.717, 1.165) is 22.9 Å². The Morgan fingerprint density at radius 3 is 2.38 bits per heavy atom. The topological polar surface area (TPSA) is 47.6 Å². The minimum Gasteiger partial charge on any atom is -0.356 e. The fourth-order valence-electron chi connectivity index (χ4n) is 1.93. The molecule has 0 unspecified atom stereocenters. The molecule has 0 fully saturated rings. The molecule has 0 saturated heterocycles. The molecule has 0 aliphatic heterocycles. The molecule has 1 N–H and O–H groups in total. The first-order valence-corrected chi connectivity index (χ1v) is 8.19. The molecule has 0 atom stereocenters. The van der Waals surface area contributed by atoms with E-state index < -0.39 is 0 Å². The Morgan fingerprint density at radius 1 is 1.19 bits per heavy atom. The van der Waals surface area contributed by atoms with Crippen molar-refractivity contribution in [2.75, 3.05) is 19.8 Å². The Kier molecular flexibility index (Phi) is 9.30. The SMILES string of the molecule is CCOC(CCCNC(=O)Cc1ccc(Br)cc1)OCC. The highest BCUT2D eigenvalue weighted by molar-refractivity contribution is 9.10. The van der Waals surface area contributed by atoms with Gasteiger partial charge in [0.15, 0.2) is 6.29 Å². The van der Waals surface area contributed by atoms with Gasteiger partial charge in [-0.1, -0.05) is 28.1 Å². The number of hydrogen-bond donors (Lipinski definition) is 1. The van der Waals surface area contributed by atoms with Gasteiger partial charge in [0.1, 0.15) is 0 Å². The number of benzene rings is 1. The Hall–Kier alpha value is -0.910. The van der Waals surface area contributed by atoms with E-state index in [2.05, 4.69) is 21.2 Å². The normalized spacial score (nSPS) is 10.9. The van der Waals surface area contributed by atoms with Crippen LogP contribution in [0.3, 0.4) is 0 Å². The second-order valence-electron chi connectivity index (χ2n) is 4.64. The highest BCUT2D eigenvalue weighted by atomic mass is 79.9. The van der Waals surface area contributed by atoms with Crippen molar-refractivity contribution in [1.29, 1.82) is 0 Å². The maximum Gasteiger partial charge on any atom is 0.224 e. The molecule has 5 heteroatoms. The van der Waals surface area contributed by atoms with E-state index in [1.807, 2.05) is 38.1 Å². The number of nitrogens with one attached hydrogen (secondary N) is 1. The summed E-state index contributed by atoms with van der Waals surface area (Å²) in [7, 11) is 0. The van der Waals surface area contributed by atoms with Crippen LogP contribution in [-0.2, 0) is 20.7 Å². The van der Waals surface area contributed by atoms with Crippen molar-refractivity contribution < 1.29 is 14.3 Å². The van der Waals surface area contributed by atoms with E-state index in [0.29, 0.717) is 26.2 Å². The third-order valence-electron chi connectivity index (χ3n) is 2.92. The van der Waals surface area contributed by atoms with Gasteiger partial charge >= 0.3 is 0 Å². The Labute approximate surface area is 135 Å². The number of carbonyl (C=O) groups excluding carboxylic acids is 1. The number of amides is 1. The van der Waals surface area contributed by atoms with Crippen LogP contribution in [0.15, 0.2) is 28.7 Å². The first-order chi connectivity index (χ1) is 10.2. The summed E-state index contributed by atoms with van der Waals surface area (Å²) >= 11 is 3.38. The van der Waals surface area contributed by atoms with Crippen molar-refractivity contribution in [3.8, 4) is 0 Å². The van der Waals surface area contributed by atoms with Crippen molar-refractivity contribution >= 4 is 21.8 Å². The summed E-state index contributed by atoms with van der Waals surface area (Å²) in [5.41, 5.74) is 1.01. The second kappa shape index (κ2) is 10.8. The molecule has 0 radical (unpaired) electrons. The van der Waals surface area contributed by atoms with Gasteiger partial charge in [-0.15, -0.1) is 0 Å². The summed E-state index contributed by atoms with van der Waals surface area (Å²) in [6.07, 6.45) is 1.88. The molecule has 4 nitrogen and oxygen atoms in total. The van der Waals surface area contributed by atoms with Crippen LogP contribution >= 0.6 is 15.9 Å². The first-order valence-electron chi connectivity index (χ1n) is 7.40.